The zero-order chi connectivity index (χ0) is 15.0. The molecule has 3 rings (SSSR count). The highest BCUT2D eigenvalue weighted by atomic mass is 79.9. The first kappa shape index (κ1) is 13.9. The molecule has 0 radical (unpaired) electrons. The lowest BCUT2D eigenvalue weighted by Gasteiger charge is -2.26. The maximum Gasteiger partial charge on any atom is 0.321 e. The number of carbonyl (C=O) groups is 1. The first-order valence-electron chi connectivity index (χ1n) is 6.53. The number of benzene rings is 1. The zero-order valence-corrected chi connectivity index (χ0v) is 13.2. The largest absolute Gasteiger partial charge is 0.465 e. The number of hydrazone groups is 1. The highest BCUT2D eigenvalue weighted by molar-refractivity contribution is 9.18. The standard InChI is InChI=1S/C14H13BrN4O2/c1-3-21-14(20)10-11-13(19(2)18-12(10)15)17-9-7-5-4-6-8(9)16-11/h4-7,10H,3H2,1-2H3. The minimum atomic E-state index is -0.673. The van der Waals surface area contributed by atoms with Gasteiger partial charge in [0.15, 0.2) is 11.7 Å². The summed E-state index contributed by atoms with van der Waals surface area (Å²) in [7, 11) is 1.77. The van der Waals surface area contributed by atoms with Crippen LogP contribution in [-0.4, -0.2) is 34.2 Å². The van der Waals surface area contributed by atoms with Crippen LogP contribution in [0.15, 0.2) is 29.4 Å². The second-order valence-electron chi connectivity index (χ2n) is 4.55. The van der Waals surface area contributed by atoms with Gasteiger partial charge in [-0.3, -0.25) is 4.79 Å². The average Bonchev–Trinajstić information content (AvgIpc) is 2.46. The Morgan fingerprint density at radius 2 is 2.00 bits per heavy atom. The van der Waals surface area contributed by atoms with E-state index in [0.717, 1.165) is 11.0 Å². The lowest BCUT2D eigenvalue weighted by atomic mass is 10.1. The van der Waals surface area contributed by atoms with Crippen molar-refractivity contribution in [3.8, 4) is 0 Å². The molecular formula is C14H13BrN4O2. The maximum atomic E-state index is 12.2. The number of hydrogen-bond donors (Lipinski definition) is 0. The van der Waals surface area contributed by atoms with Crippen LogP contribution in [0.2, 0.25) is 0 Å². The van der Waals surface area contributed by atoms with E-state index < -0.39 is 5.92 Å². The first-order valence-corrected chi connectivity index (χ1v) is 7.32. The molecule has 2 heterocycles. The monoisotopic (exact) mass is 348 g/mol. The van der Waals surface area contributed by atoms with Gasteiger partial charge in [0, 0.05) is 7.05 Å². The van der Waals surface area contributed by atoms with Crippen LogP contribution in [0.1, 0.15) is 18.5 Å². The average molecular weight is 349 g/mol. The predicted octanol–water partition coefficient (Wildman–Crippen LogP) is 2.43. The Hall–Kier alpha value is -2.02. The molecule has 1 atom stereocenters. The number of rotatable bonds is 2. The molecule has 0 bridgehead atoms. The highest BCUT2D eigenvalue weighted by Gasteiger charge is 2.36. The third-order valence-electron chi connectivity index (χ3n) is 3.16. The van der Waals surface area contributed by atoms with E-state index in [2.05, 4.69) is 31.0 Å². The van der Waals surface area contributed by atoms with Gasteiger partial charge in [-0.2, -0.15) is 5.10 Å². The van der Waals surface area contributed by atoms with Gasteiger partial charge in [0.05, 0.1) is 17.6 Å². The lowest BCUT2D eigenvalue weighted by Crippen LogP contribution is -2.31. The quantitative estimate of drug-likeness (QED) is 0.779. The van der Waals surface area contributed by atoms with Gasteiger partial charge >= 0.3 is 5.97 Å². The SMILES string of the molecule is CCOC(=O)C1C(Br)=NN(C)c2nc3ccccc3nc21. The van der Waals surface area contributed by atoms with Crippen LogP contribution in [0.5, 0.6) is 0 Å². The van der Waals surface area contributed by atoms with Gasteiger partial charge in [-0.1, -0.05) is 12.1 Å². The minimum Gasteiger partial charge on any atom is -0.465 e. The minimum absolute atomic E-state index is 0.307. The number of para-hydroxylation sites is 2. The van der Waals surface area contributed by atoms with Crippen LogP contribution < -0.4 is 5.01 Å². The molecule has 7 heteroatoms. The second kappa shape index (κ2) is 5.40. The Morgan fingerprint density at radius 3 is 2.67 bits per heavy atom. The van der Waals surface area contributed by atoms with E-state index in [-0.39, 0.29) is 5.97 Å². The third-order valence-corrected chi connectivity index (χ3v) is 3.78. The van der Waals surface area contributed by atoms with E-state index >= 15 is 0 Å². The number of nitrogens with zero attached hydrogens (tertiary/aromatic N) is 4. The summed E-state index contributed by atoms with van der Waals surface area (Å²) in [4.78, 5) is 21.3. The van der Waals surface area contributed by atoms with Crippen LogP contribution >= 0.6 is 15.9 Å². The summed E-state index contributed by atoms with van der Waals surface area (Å²) >= 11 is 3.34. The van der Waals surface area contributed by atoms with Crippen molar-refractivity contribution in [2.75, 3.05) is 18.7 Å². The fourth-order valence-corrected chi connectivity index (χ4v) is 2.87. The predicted molar refractivity (Wildman–Crippen MR) is 83.7 cm³/mol. The molecule has 0 saturated carbocycles. The summed E-state index contributed by atoms with van der Waals surface area (Å²) in [6.07, 6.45) is 0. The van der Waals surface area contributed by atoms with Crippen LogP contribution in [0.3, 0.4) is 0 Å². The summed E-state index contributed by atoms with van der Waals surface area (Å²) in [6, 6.07) is 7.53. The van der Waals surface area contributed by atoms with E-state index in [1.165, 1.54) is 0 Å². The summed E-state index contributed by atoms with van der Waals surface area (Å²) in [5, 5.41) is 5.88. The zero-order valence-electron chi connectivity index (χ0n) is 11.6. The van der Waals surface area contributed by atoms with E-state index in [9.17, 15) is 4.79 Å². The van der Waals surface area contributed by atoms with Gasteiger partial charge in [-0.05, 0) is 35.0 Å². The molecule has 0 aliphatic carbocycles. The molecule has 0 fully saturated rings. The molecule has 1 aromatic carbocycles. The van der Waals surface area contributed by atoms with Gasteiger partial charge < -0.3 is 4.74 Å². The number of esters is 1. The molecule has 1 aliphatic rings. The normalized spacial score (nSPS) is 17.4. The Balaban J connectivity index is 2.19. The number of carbonyl (C=O) groups excluding carboxylic acids is 1. The molecule has 0 amide bonds. The molecule has 1 unspecified atom stereocenters. The van der Waals surface area contributed by atoms with Crippen molar-refractivity contribution >= 4 is 43.4 Å². The Morgan fingerprint density at radius 1 is 1.33 bits per heavy atom. The van der Waals surface area contributed by atoms with Crippen molar-refractivity contribution in [3.05, 3.63) is 30.0 Å². The van der Waals surface area contributed by atoms with Crippen molar-refractivity contribution in [2.45, 2.75) is 12.8 Å². The van der Waals surface area contributed by atoms with Crippen molar-refractivity contribution < 1.29 is 9.53 Å². The highest BCUT2D eigenvalue weighted by Crippen LogP contribution is 2.34. The number of fused-ring (bicyclic) bond motifs is 2. The number of hydrogen-bond acceptors (Lipinski definition) is 6. The van der Waals surface area contributed by atoms with Crippen LogP contribution in [0.4, 0.5) is 5.82 Å². The van der Waals surface area contributed by atoms with Crippen molar-refractivity contribution in [2.24, 2.45) is 5.10 Å². The van der Waals surface area contributed by atoms with Crippen LogP contribution in [0.25, 0.3) is 11.0 Å². The topological polar surface area (TPSA) is 67.7 Å². The molecule has 21 heavy (non-hydrogen) atoms. The maximum absolute atomic E-state index is 12.2. The molecule has 108 valence electrons. The van der Waals surface area contributed by atoms with Gasteiger partial charge in [0.1, 0.15) is 10.3 Å². The van der Waals surface area contributed by atoms with E-state index in [0.29, 0.717) is 22.7 Å². The van der Waals surface area contributed by atoms with Gasteiger partial charge in [0.25, 0.3) is 0 Å². The smallest absolute Gasteiger partial charge is 0.321 e. The van der Waals surface area contributed by atoms with Crippen molar-refractivity contribution in [1.29, 1.82) is 0 Å². The molecular weight excluding hydrogens is 336 g/mol. The Bertz CT molecular complexity index is 747. The molecule has 0 spiro atoms. The van der Waals surface area contributed by atoms with Gasteiger partial charge in [0.2, 0.25) is 0 Å². The first-order chi connectivity index (χ1) is 10.1. The number of aromatic nitrogens is 2. The molecule has 2 aromatic rings. The third kappa shape index (κ3) is 2.37. The number of anilines is 1. The van der Waals surface area contributed by atoms with Crippen LogP contribution in [0, 0.1) is 0 Å². The summed E-state index contributed by atoms with van der Waals surface area (Å²) < 4.78 is 5.59. The molecule has 0 N–H and O–H groups in total. The molecule has 0 saturated heterocycles. The van der Waals surface area contributed by atoms with E-state index in [1.54, 1.807) is 19.0 Å². The summed E-state index contributed by atoms with van der Waals surface area (Å²) in [5.74, 6) is -0.490. The van der Waals surface area contributed by atoms with Gasteiger partial charge in [-0.25, -0.2) is 15.0 Å². The Kier molecular flexibility index (Phi) is 3.59. The second-order valence-corrected chi connectivity index (χ2v) is 5.37. The lowest BCUT2D eigenvalue weighted by molar-refractivity contribution is -0.143. The van der Waals surface area contributed by atoms with Crippen molar-refractivity contribution in [1.82, 2.24) is 9.97 Å². The number of halogens is 1. The van der Waals surface area contributed by atoms with Gasteiger partial charge in [-0.15, -0.1) is 0 Å². The Labute approximate surface area is 130 Å². The fourth-order valence-electron chi connectivity index (χ4n) is 2.23. The van der Waals surface area contributed by atoms with E-state index in [1.807, 2.05) is 24.3 Å². The fraction of sp³-hybridized carbons (Fsp3) is 0.286. The van der Waals surface area contributed by atoms with E-state index in [4.69, 9.17) is 4.74 Å². The molecule has 6 nitrogen and oxygen atoms in total. The summed E-state index contributed by atoms with van der Waals surface area (Å²) in [6.45, 7) is 2.08. The molecule has 1 aromatic heterocycles. The van der Waals surface area contributed by atoms with Crippen molar-refractivity contribution in [3.63, 3.8) is 0 Å². The molecule has 1 aliphatic heterocycles. The van der Waals surface area contributed by atoms with Crippen LogP contribution in [-0.2, 0) is 9.53 Å². The number of ether oxygens (including phenoxy) is 1. The summed E-state index contributed by atoms with van der Waals surface area (Å²) in [5.41, 5.74) is 2.05.